The molecule has 4 nitrogen and oxygen atoms in total. The molecule has 94 valence electrons. The van der Waals surface area contributed by atoms with Crippen molar-refractivity contribution in [1.29, 1.82) is 0 Å². The fourth-order valence-electron chi connectivity index (χ4n) is 1.56. The Bertz CT molecular complexity index is 701. The molecule has 0 fully saturated rings. The van der Waals surface area contributed by atoms with Gasteiger partial charge in [0, 0.05) is 5.02 Å². The third-order valence-electron chi connectivity index (χ3n) is 2.41. The van der Waals surface area contributed by atoms with Gasteiger partial charge in [-0.25, -0.2) is 8.42 Å². The molecule has 0 aliphatic heterocycles. The predicted octanol–water partition coefficient (Wildman–Crippen LogP) is 2.89. The number of hydrogen-bond donors (Lipinski definition) is 0. The smallest absolute Gasteiger partial charge is 0.239 e. The monoisotopic (exact) mass is 284 g/mol. The summed E-state index contributed by atoms with van der Waals surface area (Å²) in [5, 5.41) is 0.203. The lowest BCUT2D eigenvalue weighted by Crippen LogP contribution is -2.02. The quantitative estimate of drug-likeness (QED) is 0.813. The number of carbonyl (C=O) groups excluding carboxylic acids is 1. The molecule has 18 heavy (non-hydrogen) atoms. The first-order chi connectivity index (χ1) is 8.45. The zero-order chi connectivity index (χ0) is 13.3. The molecule has 0 amide bonds. The molecule has 2 rings (SSSR count). The highest BCUT2D eigenvalue weighted by Crippen LogP contribution is 2.26. The number of furan rings is 1. The van der Waals surface area contributed by atoms with Crippen LogP contribution in [0.4, 0.5) is 0 Å². The number of hydrogen-bond acceptors (Lipinski definition) is 4. The van der Waals surface area contributed by atoms with E-state index in [2.05, 4.69) is 0 Å². The van der Waals surface area contributed by atoms with Gasteiger partial charge in [-0.3, -0.25) is 4.79 Å². The molecular weight excluding hydrogens is 276 g/mol. The van der Waals surface area contributed by atoms with Crippen LogP contribution < -0.4 is 0 Å². The minimum atomic E-state index is -3.76. The molecule has 1 aromatic carbocycles. The van der Waals surface area contributed by atoms with E-state index in [1.807, 2.05) is 0 Å². The van der Waals surface area contributed by atoms with E-state index in [-0.39, 0.29) is 15.7 Å². The second kappa shape index (κ2) is 4.59. The molecule has 0 atom stereocenters. The second-order valence-corrected chi connectivity index (χ2v) is 5.97. The van der Waals surface area contributed by atoms with Crippen molar-refractivity contribution < 1.29 is 17.6 Å². The summed E-state index contributed by atoms with van der Waals surface area (Å²) in [6.07, 6.45) is 0.452. The Hall–Kier alpha value is -1.59. The maximum atomic E-state index is 12.2. The molecule has 0 radical (unpaired) electrons. The highest BCUT2D eigenvalue weighted by atomic mass is 35.5. The predicted molar refractivity (Wildman–Crippen MR) is 65.7 cm³/mol. The van der Waals surface area contributed by atoms with Crippen LogP contribution in [0.3, 0.4) is 0 Å². The van der Waals surface area contributed by atoms with Gasteiger partial charge < -0.3 is 4.42 Å². The van der Waals surface area contributed by atoms with Crippen LogP contribution in [0, 0.1) is 6.92 Å². The summed E-state index contributed by atoms with van der Waals surface area (Å²) in [4.78, 5) is 10.6. The van der Waals surface area contributed by atoms with Crippen molar-refractivity contribution in [3.63, 3.8) is 0 Å². The topological polar surface area (TPSA) is 64.3 Å². The Kier molecular flexibility index (Phi) is 3.28. The van der Waals surface area contributed by atoms with Gasteiger partial charge in [0.2, 0.25) is 14.9 Å². The lowest BCUT2D eigenvalue weighted by atomic mass is 10.2. The molecule has 0 aliphatic carbocycles. The maximum Gasteiger partial charge on any atom is 0.239 e. The minimum absolute atomic E-state index is 0.0276. The van der Waals surface area contributed by atoms with E-state index in [1.54, 1.807) is 13.0 Å². The van der Waals surface area contributed by atoms with E-state index in [0.29, 0.717) is 16.9 Å². The Morgan fingerprint density at radius 1 is 1.22 bits per heavy atom. The van der Waals surface area contributed by atoms with Gasteiger partial charge in [0.25, 0.3) is 0 Å². The van der Waals surface area contributed by atoms with E-state index >= 15 is 0 Å². The number of sulfone groups is 1. The average Bonchev–Trinajstić information content (AvgIpc) is 2.77. The third-order valence-corrected chi connectivity index (χ3v) is 4.43. The highest BCUT2D eigenvalue weighted by molar-refractivity contribution is 7.91. The van der Waals surface area contributed by atoms with Crippen molar-refractivity contribution in [3.05, 3.63) is 46.7 Å². The second-order valence-electron chi connectivity index (χ2n) is 3.69. The summed E-state index contributed by atoms with van der Waals surface area (Å²) in [7, 11) is -3.76. The lowest BCUT2D eigenvalue weighted by molar-refractivity contribution is 0.109. The van der Waals surface area contributed by atoms with Crippen LogP contribution >= 0.6 is 11.6 Å². The van der Waals surface area contributed by atoms with Crippen LogP contribution in [0.15, 0.2) is 44.7 Å². The molecule has 2 aromatic rings. The normalized spacial score (nSPS) is 11.4. The van der Waals surface area contributed by atoms with E-state index in [4.69, 9.17) is 16.0 Å². The zero-order valence-corrected chi connectivity index (χ0v) is 11.0. The van der Waals surface area contributed by atoms with Gasteiger partial charge in [0.05, 0.1) is 4.90 Å². The van der Waals surface area contributed by atoms with Crippen LogP contribution in [0.5, 0.6) is 0 Å². The van der Waals surface area contributed by atoms with Crippen molar-refractivity contribution in [3.8, 4) is 0 Å². The number of aryl methyl sites for hydroxylation is 1. The van der Waals surface area contributed by atoms with Crippen molar-refractivity contribution in [2.24, 2.45) is 0 Å². The van der Waals surface area contributed by atoms with Crippen LogP contribution in [-0.2, 0) is 9.84 Å². The van der Waals surface area contributed by atoms with E-state index in [1.165, 1.54) is 24.3 Å². The van der Waals surface area contributed by atoms with Gasteiger partial charge >= 0.3 is 0 Å². The zero-order valence-electron chi connectivity index (χ0n) is 9.38. The van der Waals surface area contributed by atoms with E-state index < -0.39 is 9.84 Å². The van der Waals surface area contributed by atoms with E-state index in [0.717, 1.165) is 0 Å². The van der Waals surface area contributed by atoms with Gasteiger partial charge in [-0.05, 0) is 42.8 Å². The van der Waals surface area contributed by atoms with Crippen molar-refractivity contribution in [2.75, 3.05) is 0 Å². The standard InChI is InChI=1S/C12H9ClO4S/c1-8-6-9(13)2-4-11(8)18(15,16)12-5-3-10(7-14)17-12/h2-7H,1H3. The first-order valence-electron chi connectivity index (χ1n) is 5.01. The first-order valence-corrected chi connectivity index (χ1v) is 6.87. The largest absolute Gasteiger partial charge is 0.442 e. The Labute approximate surface area is 109 Å². The molecular formula is C12H9ClO4S. The van der Waals surface area contributed by atoms with Crippen LogP contribution in [-0.4, -0.2) is 14.7 Å². The minimum Gasteiger partial charge on any atom is -0.442 e. The summed E-state index contributed by atoms with van der Waals surface area (Å²) in [5.41, 5.74) is 0.520. The molecule has 0 unspecified atom stereocenters. The van der Waals surface area contributed by atoms with Gasteiger partial charge in [0.15, 0.2) is 12.0 Å². The molecule has 0 bridgehead atoms. The van der Waals surface area contributed by atoms with Crippen LogP contribution in [0.2, 0.25) is 5.02 Å². The number of carbonyl (C=O) groups is 1. The molecule has 0 saturated carbocycles. The van der Waals surface area contributed by atoms with Gasteiger partial charge in [-0.2, -0.15) is 0 Å². The fourth-order valence-corrected chi connectivity index (χ4v) is 3.19. The van der Waals surface area contributed by atoms with E-state index in [9.17, 15) is 13.2 Å². The van der Waals surface area contributed by atoms with Crippen LogP contribution in [0.25, 0.3) is 0 Å². The highest BCUT2D eigenvalue weighted by Gasteiger charge is 2.23. The van der Waals surface area contributed by atoms with Crippen molar-refractivity contribution >= 4 is 27.7 Å². The third kappa shape index (κ3) is 2.19. The number of rotatable bonds is 3. The molecule has 1 aromatic heterocycles. The maximum absolute atomic E-state index is 12.2. The molecule has 0 aliphatic rings. The molecule has 6 heteroatoms. The first kappa shape index (κ1) is 12.9. The summed E-state index contributed by atoms with van der Waals surface area (Å²) >= 11 is 5.78. The molecule has 0 N–H and O–H groups in total. The number of halogens is 1. The molecule has 0 spiro atoms. The lowest BCUT2D eigenvalue weighted by Gasteiger charge is -2.05. The Morgan fingerprint density at radius 3 is 2.50 bits per heavy atom. The van der Waals surface area contributed by atoms with Crippen molar-refractivity contribution in [2.45, 2.75) is 16.9 Å². The number of aldehydes is 1. The molecule has 1 heterocycles. The number of benzene rings is 1. The SMILES string of the molecule is Cc1cc(Cl)ccc1S(=O)(=O)c1ccc(C=O)o1. The Balaban J connectivity index is 2.57. The average molecular weight is 285 g/mol. The van der Waals surface area contributed by atoms with Gasteiger partial charge in [-0.1, -0.05) is 11.6 Å². The fraction of sp³-hybridized carbons (Fsp3) is 0.0833. The van der Waals surface area contributed by atoms with Gasteiger partial charge in [-0.15, -0.1) is 0 Å². The Morgan fingerprint density at radius 2 is 1.94 bits per heavy atom. The molecule has 0 saturated heterocycles. The van der Waals surface area contributed by atoms with Crippen LogP contribution in [0.1, 0.15) is 16.1 Å². The summed E-state index contributed by atoms with van der Waals surface area (Å²) in [6.45, 7) is 1.64. The summed E-state index contributed by atoms with van der Waals surface area (Å²) < 4.78 is 29.4. The van der Waals surface area contributed by atoms with Crippen molar-refractivity contribution in [1.82, 2.24) is 0 Å². The summed E-state index contributed by atoms with van der Waals surface area (Å²) in [6, 6.07) is 7.03. The summed E-state index contributed by atoms with van der Waals surface area (Å²) in [5.74, 6) is -0.0276. The van der Waals surface area contributed by atoms with Gasteiger partial charge in [0.1, 0.15) is 0 Å².